The third-order valence-corrected chi connectivity index (χ3v) is 3.00. The van der Waals surface area contributed by atoms with Crippen LogP contribution in [0.25, 0.3) is 0 Å². The summed E-state index contributed by atoms with van der Waals surface area (Å²) >= 11 is 0. The Kier molecular flexibility index (Phi) is 4.33. The van der Waals surface area contributed by atoms with Crippen LogP contribution in [0.3, 0.4) is 0 Å². The van der Waals surface area contributed by atoms with E-state index in [0.717, 1.165) is 0 Å². The molecule has 0 amide bonds. The van der Waals surface area contributed by atoms with Gasteiger partial charge >= 0.3 is 0 Å². The molecular weight excluding hydrogens is 256 g/mol. The van der Waals surface area contributed by atoms with Gasteiger partial charge in [-0.2, -0.15) is 0 Å². The summed E-state index contributed by atoms with van der Waals surface area (Å²) in [5.74, 6) is 0.568. The first-order valence-corrected chi connectivity index (χ1v) is 5.88. The summed E-state index contributed by atoms with van der Waals surface area (Å²) in [4.78, 5) is 10.4. The molecule has 0 radical (unpaired) electrons. The number of hydrogen-bond donors (Lipinski definition) is 3. The lowest BCUT2D eigenvalue weighted by molar-refractivity contribution is -0.297. The van der Waals surface area contributed by atoms with Gasteiger partial charge in [-0.1, -0.05) is 0 Å². The summed E-state index contributed by atoms with van der Waals surface area (Å²) in [7, 11) is 0. The van der Waals surface area contributed by atoms with Crippen molar-refractivity contribution in [3.05, 3.63) is 23.7 Å². The Bertz CT molecular complexity index is 429. The van der Waals surface area contributed by atoms with Crippen LogP contribution in [0, 0.1) is 0 Å². The lowest BCUT2D eigenvalue weighted by Crippen LogP contribution is -2.57. The van der Waals surface area contributed by atoms with Crippen molar-refractivity contribution < 1.29 is 34.0 Å². The zero-order valence-electron chi connectivity index (χ0n) is 10.3. The molecule has 1 aliphatic heterocycles. The van der Waals surface area contributed by atoms with Gasteiger partial charge in [0.1, 0.15) is 30.7 Å². The number of carbonyl (C=O) groups excluding carboxylic acids is 1. The van der Waals surface area contributed by atoms with E-state index >= 15 is 0 Å². The molecule has 106 valence electrons. The topological polar surface area (TPSA) is 109 Å². The molecule has 2 heterocycles. The first-order valence-electron chi connectivity index (χ1n) is 5.88. The molecular formula is C12H16O7. The Hall–Kier alpha value is -1.25. The maximum Gasteiger partial charge on any atom is 0.187 e. The van der Waals surface area contributed by atoms with E-state index in [1.165, 1.54) is 6.07 Å². The average Bonchev–Trinajstić information content (AvgIpc) is 2.87. The first kappa shape index (κ1) is 14.2. The first-order chi connectivity index (χ1) is 9.02. The van der Waals surface area contributed by atoms with Gasteiger partial charge < -0.3 is 29.2 Å². The molecule has 0 aliphatic carbocycles. The van der Waals surface area contributed by atoms with Crippen molar-refractivity contribution in [3.63, 3.8) is 0 Å². The highest BCUT2D eigenvalue weighted by atomic mass is 16.7. The Morgan fingerprint density at radius 2 is 2.00 bits per heavy atom. The maximum absolute atomic E-state index is 10.4. The van der Waals surface area contributed by atoms with Crippen molar-refractivity contribution in [1.82, 2.24) is 0 Å². The zero-order valence-corrected chi connectivity index (χ0v) is 10.3. The second-order valence-corrected chi connectivity index (χ2v) is 4.41. The van der Waals surface area contributed by atoms with Crippen molar-refractivity contribution in [2.75, 3.05) is 0 Å². The van der Waals surface area contributed by atoms with Crippen LogP contribution in [-0.4, -0.2) is 52.3 Å². The molecule has 3 N–H and O–H groups in total. The molecule has 1 aromatic heterocycles. The number of hydrogen-bond acceptors (Lipinski definition) is 7. The highest BCUT2D eigenvalue weighted by Crippen LogP contribution is 2.22. The minimum absolute atomic E-state index is 0.0227. The van der Waals surface area contributed by atoms with Crippen LogP contribution in [0.4, 0.5) is 0 Å². The molecule has 19 heavy (non-hydrogen) atoms. The SMILES string of the molecule is CC1OC(OCc2ccc(C=O)o2)C(O)C(O)C1O. The molecule has 1 aliphatic rings. The van der Waals surface area contributed by atoms with E-state index in [4.69, 9.17) is 13.9 Å². The van der Waals surface area contributed by atoms with Crippen LogP contribution in [0.5, 0.6) is 0 Å². The second kappa shape index (κ2) is 5.81. The molecule has 5 unspecified atom stereocenters. The highest BCUT2D eigenvalue weighted by molar-refractivity contribution is 5.70. The highest BCUT2D eigenvalue weighted by Gasteiger charge is 2.42. The van der Waals surface area contributed by atoms with Gasteiger partial charge in [-0.15, -0.1) is 0 Å². The van der Waals surface area contributed by atoms with Gasteiger partial charge in [0.2, 0.25) is 0 Å². The third-order valence-electron chi connectivity index (χ3n) is 3.00. The standard InChI is InChI=1S/C12H16O7/c1-6-9(14)10(15)11(16)12(18-6)17-5-8-3-2-7(4-13)19-8/h2-4,6,9-12,14-16H,5H2,1H3. The molecule has 2 rings (SSSR count). The third kappa shape index (κ3) is 3.02. The van der Waals surface area contributed by atoms with Crippen LogP contribution in [0.15, 0.2) is 16.5 Å². The average molecular weight is 272 g/mol. The van der Waals surface area contributed by atoms with Crippen LogP contribution in [-0.2, 0) is 16.1 Å². The predicted octanol–water partition coefficient (Wildman–Crippen LogP) is -0.564. The summed E-state index contributed by atoms with van der Waals surface area (Å²) < 4.78 is 15.6. The second-order valence-electron chi connectivity index (χ2n) is 4.41. The Morgan fingerprint density at radius 3 is 2.63 bits per heavy atom. The van der Waals surface area contributed by atoms with Gasteiger partial charge in [-0.25, -0.2) is 0 Å². The molecule has 1 saturated heterocycles. The fraction of sp³-hybridized carbons (Fsp3) is 0.583. The Labute approximate surface area is 109 Å². The van der Waals surface area contributed by atoms with Crippen molar-refractivity contribution in [2.45, 2.75) is 44.2 Å². The van der Waals surface area contributed by atoms with Crippen molar-refractivity contribution in [2.24, 2.45) is 0 Å². The monoisotopic (exact) mass is 272 g/mol. The van der Waals surface area contributed by atoms with E-state index in [1.807, 2.05) is 0 Å². The Morgan fingerprint density at radius 1 is 1.26 bits per heavy atom. The molecule has 7 nitrogen and oxygen atoms in total. The zero-order chi connectivity index (χ0) is 14.0. The fourth-order valence-corrected chi connectivity index (χ4v) is 1.85. The number of ether oxygens (including phenoxy) is 2. The van der Waals surface area contributed by atoms with Crippen molar-refractivity contribution in [1.29, 1.82) is 0 Å². The van der Waals surface area contributed by atoms with Gasteiger partial charge in [0.05, 0.1) is 6.10 Å². The molecule has 0 aromatic carbocycles. The van der Waals surface area contributed by atoms with Gasteiger partial charge in [-0.3, -0.25) is 4.79 Å². The van der Waals surface area contributed by atoms with E-state index in [-0.39, 0.29) is 12.4 Å². The lowest BCUT2D eigenvalue weighted by Gasteiger charge is -2.38. The molecule has 1 aromatic rings. The fourth-order valence-electron chi connectivity index (χ4n) is 1.85. The number of aliphatic hydroxyl groups excluding tert-OH is 3. The smallest absolute Gasteiger partial charge is 0.187 e. The predicted molar refractivity (Wildman–Crippen MR) is 61.2 cm³/mol. The number of rotatable bonds is 4. The van der Waals surface area contributed by atoms with Crippen LogP contribution < -0.4 is 0 Å². The number of aliphatic hydroxyl groups is 3. The summed E-state index contributed by atoms with van der Waals surface area (Å²) in [5.41, 5.74) is 0. The lowest BCUT2D eigenvalue weighted by atomic mass is 10.0. The summed E-state index contributed by atoms with van der Waals surface area (Å²) in [6.45, 7) is 1.54. The molecule has 1 fully saturated rings. The van der Waals surface area contributed by atoms with E-state index in [1.54, 1.807) is 13.0 Å². The molecule has 0 bridgehead atoms. The number of carbonyl (C=O) groups is 1. The molecule has 5 atom stereocenters. The van der Waals surface area contributed by atoms with Crippen molar-refractivity contribution in [3.8, 4) is 0 Å². The van der Waals surface area contributed by atoms with E-state index in [2.05, 4.69) is 0 Å². The van der Waals surface area contributed by atoms with Gasteiger partial charge in [0.15, 0.2) is 18.3 Å². The maximum atomic E-state index is 10.4. The van der Waals surface area contributed by atoms with E-state index in [0.29, 0.717) is 12.0 Å². The van der Waals surface area contributed by atoms with Crippen LogP contribution in [0.2, 0.25) is 0 Å². The minimum atomic E-state index is -1.35. The summed E-state index contributed by atoms with van der Waals surface area (Å²) in [6.07, 6.45) is -5.02. The van der Waals surface area contributed by atoms with E-state index in [9.17, 15) is 20.1 Å². The minimum Gasteiger partial charge on any atom is -0.456 e. The molecule has 0 spiro atoms. The number of aldehydes is 1. The normalized spacial score (nSPS) is 35.3. The quantitative estimate of drug-likeness (QED) is 0.630. The van der Waals surface area contributed by atoms with E-state index < -0.39 is 30.7 Å². The van der Waals surface area contributed by atoms with Crippen molar-refractivity contribution >= 4 is 6.29 Å². The molecule has 0 saturated carbocycles. The van der Waals surface area contributed by atoms with Crippen LogP contribution in [0.1, 0.15) is 23.2 Å². The summed E-state index contributed by atoms with van der Waals surface area (Å²) in [6, 6.07) is 3.05. The summed E-state index contributed by atoms with van der Waals surface area (Å²) in [5, 5.41) is 28.8. The van der Waals surface area contributed by atoms with Gasteiger partial charge in [-0.05, 0) is 19.1 Å². The van der Waals surface area contributed by atoms with Gasteiger partial charge in [0, 0.05) is 0 Å². The largest absolute Gasteiger partial charge is 0.456 e. The molecule has 7 heteroatoms. The number of furan rings is 1. The van der Waals surface area contributed by atoms with Crippen LogP contribution >= 0.6 is 0 Å². The van der Waals surface area contributed by atoms with Gasteiger partial charge in [0.25, 0.3) is 0 Å². The Balaban J connectivity index is 1.93.